The molecule has 5 heteroatoms. The van der Waals surface area contributed by atoms with Crippen molar-refractivity contribution in [3.05, 3.63) is 170 Å². The number of hydrogen-bond acceptors (Lipinski definition) is 5. The zero-order valence-electron chi connectivity index (χ0n) is 60.0. The van der Waals surface area contributed by atoms with Gasteiger partial charge in [-0.25, -0.2) is 0 Å². The summed E-state index contributed by atoms with van der Waals surface area (Å²) >= 11 is 0. The minimum absolute atomic E-state index is 0.0711. The van der Waals surface area contributed by atoms with Crippen molar-refractivity contribution < 1.29 is 24.2 Å². The molecule has 0 radical (unpaired) electrons. The molecule has 1 N–H and O–H groups in total. The van der Waals surface area contributed by atoms with E-state index in [0.29, 0.717) is 12.8 Å². The Hall–Kier alpha value is -4.74. The van der Waals surface area contributed by atoms with Crippen LogP contribution < -0.4 is 0 Å². The lowest BCUT2D eigenvalue weighted by Crippen LogP contribution is -2.28. The number of carbonyl (C=O) groups is 2. The van der Waals surface area contributed by atoms with Crippen molar-refractivity contribution in [3.63, 3.8) is 0 Å². The van der Waals surface area contributed by atoms with Crippen LogP contribution in [0.1, 0.15) is 348 Å². The fraction of sp³-hybridized carbons (Fsp3) is 0.655. The van der Waals surface area contributed by atoms with E-state index >= 15 is 0 Å². The quantitative estimate of drug-likeness (QED) is 0.0373. The first-order valence-corrected chi connectivity index (χ1v) is 38.7. The van der Waals surface area contributed by atoms with Crippen molar-refractivity contribution >= 4 is 11.9 Å². The molecule has 1 unspecified atom stereocenters. The van der Waals surface area contributed by atoms with Crippen LogP contribution in [0.25, 0.3) is 0 Å². The SMILES string of the molecule is CC/C=C\C/C=C\C/C=C\C/C=C\C/C=C\C/C=C\C/C=C\C/C=C\C/C=C\CCCCCCCCCCCCCC(=O)OC(CO)COC(=O)CCCCCCCCCCCCCCCCCCCCCCCCC/C=C\C/C=C\C/C=C\C/C=C\C/C=C\CC. The van der Waals surface area contributed by atoms with Crippen LogP contribution in [-0.4, -0.2) is 36.4 Å². The number of ether oxygens (including phenoxy) is 2. The summed E-state index contributed by atoms with van der Waals surface area (Å²) < 4.78 is 10.8. The van der Waals surface area contributed by atoms with Crippen LogP contribution in [0.3, 0.4) is 0 Å². The van der Waals surface area contributed by atoms with Crippen LogP contribution in [0, 0.1) is 0 Å². The van der Waals surface area contributed by atoms with Gasteiger partial charge in [0, 0.05) is 12.8 Å². The molecule has 0 aliphatic carbocycles. The van der Waals surface area contributed by atoms with Crippen LogP contribution in [0.5, 0.6) is 0 Å². The maximum Gasteiger partial charge on any atom is 0.306 e. The van der Waals surface area contributed by atoms with Gasteiger partial charge in [0.1, 0.15) is 6.61 Å². The minimum Gasteiger partial charge on any atom is -0.462 e. The highest BCUT2D eigenvalue weighted by Crippen LogP contribution is 2.18. The smallest absolute Gasteiger partial charge is 0.306 e. The van der Waals surface area contributed by atoms with Crippen molar-refractivity contribution in [2.24, 2.45) is 0 Å². The molecule has 0 aromatic carbocycles. The first-order valence-electron chi connectivity index (χ1n) is 38.7. The number of carbonyl (C=O) groups excluding carboxylic acids is 2. The summed E-state index contributed by atoms with van der Waals surface area (Å²) in [7, 11) is 0. The summed E-state index contributed by atoms with van der Waals surface area (Å²) in [5, 5.41) is 9.73. The van der Waals surface area contributed by atoms with E-state index in [4.69, 9.17) is 9.47 Å². The first-order chi connectivity index (χ1) is 45.6. The molecular weight excluding hydrogens is 1120 g/mol. The average Bonchev–Trinajstić information content (AvgIpc) is 3.75. The molecule has 0 aliphatic heterocycles. The van der Waals surface area contributed by atoms with Gasteiger partial charge in [0.15, 0.2) is 6.10 Å². The summed E-state index contributed by atoms with van der Waals surface area (Å²) in [5.41, 5.74) is 0. The van der Waals surface area contributed by atoms with Gasteiger partial charge in [0.05, 0.1) is 6.61 Å². The Kier molecular flexibility index (Phi) is 76.3. The standard InChI is InChI=1S/C87H144O5/c1-3-5-7-9-11-13-15-17-19-21-23-25-27-29-31-33-35-37-39-41-43-45-47-49-51-53-55-57-59-61-63-65-67-69-71-73-75-77-79-81-86(89)91-84-85(83-88)92-87(90)82-80-78-76-74-72-70-68-66-64-62-60-58-56-54-52-50-48-46-44-42-40-38-36-34-32-30-28-26-24-22-20-18-16-14-12-10-8-6-4-2/h5-8,11-14,17-20,23-26,29-32,36,38,42,44,48,50,54,56,85,88H,3-4,9-10,15-16,21-22,27-28,33-35,37,39-41,43,45-47,49,51-53,55,57-84H2,1-2H3/b7-5-,8-6-,13-11-,14-12-,19-17-,20-18-,25-23-,26-24-,31-29-,32-30-,38-36-,44-42-,50-48-,56-54-. The fourth-order valence-corrected chi connectivity index (χ4v) is 10.8. The van der Waals surface area contributed by atoms with E-state index in [0.717, 1.165) is 128 Å². The summed E-state index contributed by atoms with van der Waals surface area (Å²) in [6.45, 7) is 3.93. The second-order valence-corrected chi connectivity index (χ2v) is 25.3. The molecule has 5 nitrogen and oxygen atoms in total. The van der Waals surface area contributed by atoms with Crippen molar-refractivity contribution in [1.82, 2.24) is 0 Å². The van der Waals surface area contributed by atoms with Gasteiger partial charge in [-0.15, -0.1) is 0 Å². The Balaban J connectivity index is 3.49. The molecule has 0 rings (SSSR count). The molecule has 0 aromatic heterocycles. The molecule has 0 fully saturated rings. The molecule has 92 heavy (non-hydrogen) atoms. The molecule has 0 bridgehead atoms. The van der Waals surface area contributed by atoms with Gasteiger partial charge in [-0.2, -0.15) is 0 Å². The number of aliphatic hydroxyl groups is 1. The predicted octanol–water partition coefficient (Wildman–Crippen LogP) is 27.5. The zero-order valence-corrected chi connectivity index (χ0v) is 60.0. The summed E-state index contributed by atoms with van der Waals surface area (Å²) in [5.74, 6) is -0.588. The molecular formula is C87H144O5. The van der Waals surface area contributed by atoms with Gasteiger partial charge >= 0.3 is 11.9 Å². The van der Waals surface area contributed by atoms with Gasteiger partial charge < -0.3 is 14.6 Å². The van der Waals surface area contributed by atoms with Crippen molar-refractivity contribution in [2.75, 3.05) is 13.2 Å². The van der Waals surface area contributed by atoms with Crippen LogP contribution >= 0.6 is 0 Å². The van der Waals surface area contributed by atoms with Gasteiger partial charge in [0.25, 0.3) is 0 Å². The van der Waals surface area contributed by atoms with E-state index in [1.54, 1.807) is 0 Å². The van der Waals surface area contributed by atoms with Crippen molar-refractivity contribution in [2.45, 2.75) is 354 Å². The van der Waals surface area contributed by atoms with Gasteiger partial charge in [0.2, 0.25) is 0 Å². The Labute approximate surface area is 570 Å². The molecule has 0 spiro atoms. The largest absolute Gasteiger partial charge is 0.462 e. The second kappa shape index (κ2) is 80.5. The minimum atomic E-state index is -0.784. The highest BCUT2D eigenvalue weighted by Gasteiger charge is 2.16. The van der Waals surface area contributed by atoms with E-state index in [-0.39, 0.29) is 25.2 Å². The van der Waals surface area contributed by atoms with Crippen LogP contribution in [0.2, 0.25) is 0 Å². The van der Waals surface area contributed by atoms with E-state index in [2.05, 4.69) is 184 Å². The molecule has 522 valence electrons. The first kappa shape index (κ1) is 87.3. The average molecular weight is 1270 g/mol. The van der Waals surface area contributed by atoms with Crippen molar-refractivity contribution in [1.29, 1.82) is 0 Å². The number of hydrogen-bond donors (Lipinski definition) is 1. The van der Waals surface area contributed by atoms with E-state index in [1.807, 2.05) is 0 Å². The Bertz CT molecular complexity index is 1980. The van der Waals surface area contributed by atoms with Gasteiger partial charge in [-0.05, 0) is 128 Å². The van der Waals surface area contributed by atoms with Crippen LogP contribution in [-0.2, 0) is 19.1 Å². The van der Waals surface area contributed by atoms with E-state index in [1.165, 1.54) is 193 Å². The molecule has 0 aromatic rings. The third kappa shape index (κ3) is 77.7. The number of unbranched alkanes of at least 4 members (excludes halogenated alkanes) is 34. The molecule has 0 amide bonds. The van der Waals surface area contributed by atoms with Crippen LogP contribution in [0.4, 0.5) is 0 Å². The van der Waals surface area contributed by atoms with E-state index < -0.39 is 6.10 Å². The maximum absolute atomic E-state index is 12.4. The number of allylic oxidation sites excluding steroid dienone is 28. The fourth-order valence-electron chi connectivity index (χ4n) is 10.8. The molecule has 1 atom stereocenters. The zero-order chi connectivity index (χ0) is 66.1. The molecule has 0 saturated heterocycles. The second-order valence-electron chi connectivity index (χ2n) is 25.3. The monoisotopic (exact) mass is 1270 g/mol. The highest BCUT2D eigenvalue weighted by atomic mass is 16.6. The normalized spacial score (nSPS) is 13.2. The Morgan fingerprint density at radius 1 is 0.250 bits per heavy atom. The predicted molar refractivity (Wildman–Crippen MR) is 407 cm³/mol. The van der Waals surface area contributed by atoms with Gasteiger partial charge in [-0.1, -0.05) is 377 Å². The lowest BCUT2D eigenvalue weighted by molar-refractivity contribution is -0.161. The third-order valence-corrected chi connectivity index (χ3v) is 16.5. The van der Waals surface area contributed by atoms with Crippen molar-refractivity contribution in [3.8, 4) is 0 Å². The summed E-state index contributed by atoms with van der Waals surface area (Å²) in [6.07, 6.45) is 124. The lowest BCUT2D eigenvalue weighted by atomic mass is 10.0. The topological polar surface area (TPSA) is 72.8 Å². The third-order valence-electron chi connectivity index (χ3n) is 16.5. The number of rotatable bonds is 70. The maximum atomic E-state index is 12.4. The number of aliphatic hydroxyl groups excluding tert-OH is 1. The molecule has 0 saturated carbocycles. The molecule has 0 heterocycles. The van der Waals surface area contributed by atoms with Gasteiger partial charge in [-0.3, -0.25) is 9.59 Å². The Morgan fingerprint density at radius 3 is 0.652 bits per heavy atom. The summed E-state index contributed by atoms with van der Waals surface area (Å²) in [6, 6.07) is 0. The summed E-state index contributed by atoms with van der Waals surface area (Å²) in [4.78, 5) is 24.7. The highest BCUT2D eigenvalue weighted by molar-refractivity contribution is 5.70. The molecule has 0 aliphatic rings. The van der Waals surface area contributed by atoms with E-state index in [9.17, 15) is 14.7 Å². The lowest BCUT2D eigenvalue weighted by Gasteiger charge is -2.15. The van der Waals surface area contributed by atoms with Crippen LogP contribution in [0.15, 0.2) is 170 Å². The number of esters is 2. The Morgan fingerprint density at radius 2 is 0.435 bits per heavy atom.